The van der Waals surface area contributed by atoms with E-state index in [4.69, 9.17) is 0 Å². The van der Waals surface area contributed by atoms with Crippen molar-refractivity contribution in [3.63, 3.8) is 0 Å². The lowest BCUT2D eigenvalue weighted by Crippen LogP contribution is -2.41. The Kier molecular flexibility index (Phi) is 14.0. The Balaban J connectivity index is 1.61. The van der Waals surface area contributed by atoms with E-state index in [0.717, 1.165) is 85.2 Å². The van der Waals surface area contributed by atoms with Crippen molar-refractivity contribution in [2.24, 2.45) is 0 Å². The summed E-state index contributed by atoms with van der Waals surface area (Å²) in [6.45, 7) is 6.59. The Hall–Kier alpha value is -3.16. The molecule has 3 N–H and O–H groups in total. The third kappa shape index (κ3) is 10.5. The first-order valence-corrected chi connectivity index (χ1v) is 20.2. The van der Waals surface area contributed by atoms with E-state index in [1.165, 1.54) is 53.8 Å². The Morgan fingerprint density at radius 3 is 1.85 bits per heavy atom. The third-order valence-corrected chi connectivity index (χ3v) is 12.0. The predicted molar refractivity (Wildman–Crippen MR) is 201 cm³/mol. The number of aromatic amines is 1. The number of hydrogen-bond acceptors (Lipinski definition) is 6. The molecule has 0 saturated heterocycles. The van der Waals surface area contributed by atoms with Gasteiger partial charge in [-0.2, -0.15) is 31.4 Å². The molecule has 13 heteroatoms. The summed E-state index contributed by atoms with van der Waals surface area (Å²) in [6.07, 6.45) is 8.32. The largest absolute Gasteiger partial charge is 0.432 e. The summed E-state index contributed by atoms with van der Waals surface area (Å²) in [5.41, 5.74) is 7.32. The van der Waals surface area contributed by atoms with Gasteiger partial charge in [-0.1, -0.05) is 78.6 Å². The topological polar surface area (TPSA) is 65.6 Å². The van der Waals surface area contributed by atoms with Gasteiger partial charge in [0.2, 0.25) is 0 Å². The molecule has 0 fully saturated rings. The number of hydrazine groups is 1. The zero-order valence-corrected chi connectivity index (χ0v) is 31.8. The molecule has 1 aliphatic rings. The second kappa shape index (κ2) is 18.2. The molecule has 0 saturated carbocycles. The molecule has 5 rings (SSSR count). The first-order valence-electron chi connectivity index (χ1n) is 18.6. The standard InChI is InChI=1S/C39H49F6N5S2/c1-4-7-10-13-16-25-19-28(18-15-12-9-6-3)51-37(25)33-22-26(17-14-11-8-5-2)36(52-33)27-20-29(31-23-34(49-47-31)38(40,41)42)46-30(21-27)32-24-35(50-48-32)39(43,44)45/h19-24,34,47,49H,4-18H2,1-3H3,(H,48,50). The normalized spacial score (nSPS) is 15.0. The van der Waals surface area contributed by atoms with Crippen molar-refractivity contribution in [1.29, 1.82) is 0 Å². The number of aryl methyl sites for hydroxylation is 3. The SMILES string of the molecule is CCCCCCc1cc(CCCCCC)c(-c2cc(CCCCCC)c(-c3cc(C4=CC(C(F)(F)F)NN4)nc(-c4cc(C(F)(F)F)[nH]n4)c3)s2)s1. The lowest BCUT2D eigenvalue weighted by atomic mass is 10.0. The van der Waals surface area contributed by atoms with Gasteiger partial charge in [0.1, 0.15) is 17.4 Å². The van der Waals surface area contributed by atoms with Crippen LogP contribution in [0.1, 0.15) is 125 Å². The number of rotatable bonds is 19. The Bertz CT molecular complexity index is 1770. The van der Waals surface area contributed by atoms with Crippen LogP contribution in [0.2, 0.25) is 0 Å². The second-order valence-electron chi connectivity index (χ2n) is 13.6. The van der Waals surface area contributed by atoms with E-state index in [1.54, 1.807) is 23.5 Å². The molecule has 284 valence electrons. The van der Waals surface area contributed by atoms with Crippen molar-refractivity contribution in [2.45, 2.75) is 135 Å². The zero-order chi connectivity index (χ0) is 37.3. The minimum atomic E-state index is -4.65. The van der Waals surface area contributed by atoms with Gasteiger partial charge in [0.05, 0.1) is 17.1 Å². The molecule has 1 aliphatic heterocycles. The number of nitrogens with zero attached hydrogens (tertiary/aromatic N) is 2. The number of unbranched alkanes of at least 4 members (excludes halogenated alkanes) is 9. The third-order valence-electron chi connectivity index (χ3n) is 9.33. The van der Waals surface area contributed by atoms with Crippen LogP contribution < -0.4 is 10.9 Å². The van der Waals surface area contributed by atoms with Crippen molar-refractivity contribution < 1.29 is 26.3 Å². The van der Waals surface area contributed by atoms with E-state index >= 15 is 0 Å². The number of halogens is 6. The van der Waals surface area contributed by atoms with Crippen molar-refractivity contribution in [3.05, 3.63) is 63.8 Å². The van der Waals surface area contributed by atoms with Crippen LogP contribution in [0.4, 0.5) is 26.3 Å². The molecule has 4 aromatic heterocycles. The molecular formula is C39H49F6N5S2. The molecule has 1 unspecified atom stereocenters. The molecule has 0 amide bonds. The number of pyridine rings is 1. The molecular weight excluding hydrogens is 717 g/mol. The number of alkyl halides is 6. The van der Waals surface area contributed by atoms with Gasteiger partial charge in [-0.3, -0.25) is 5.10 Å². The fourth-order valence-corrected chi connectivity index (χ4v) is 9.03. The molecule has 0 radical (unpaired) electrons. The van der Waals surface area contributed by atoms with Gasteiger partial charge in [0, 0.05) is 19.5 Å². The highest BCUT2D eigenvalue weighted by atomic mass is 32.1. The summed E-state index contributed by atoms with van der Waals surface area (Å²) < 4.78 is 81.5. The summed E-state index contributed by atoms with van der Waals surface area (Å²) in [7, 11) is 0. The average Bonchev–Trinajstić information content (AvgIpc) is 3.92. The molecule has 1 atom stereocenters. The van der Waals surface area contributed by atoms with E-state index in [1.807, 2.05) is 16.4 Å². The highest BCUT2D eigenvalue weighted by Crippen LogP contribution is 2.45. The Morgan fingerprint density at radius 2 is 1.27 bits per heavy atom. The molecule has 0 aliphatic carbocycles. The maximum absolute atomic E-state index is 13.6. The van der Waals surface area contributed by atoms with Crippen LogP contribution in [0.25, 0.3) is 37.3 Å². The lowest BCUT2D eigenvalue weighted by Gasteiger charge is -2.12. The number of hydrogen-bond donors (Lipinski definition) is 3. The number of H-pyrrole nitrogens is 1. The smallest absolute Gasteiger partial charge is 0.319 e. The fraction of sp³-hybridized carbons (Fsp3) is 0.538. The minimum Gasteiger partial charge on any atom is -0.319 e. The van der Waals surface area contributed by atoms with Crippen LogP contribution in [0.3, 0.4) is 0 Å². The van der Waals surface area contributed by atoms with Gasteiger partial charge in [-0.15, -0.1) is 22.7 Å². The van der Waals surface area contributed by atoms with Crippen LogP contribution in [-0.2, 0) is 25.4 Å². The summed E-state index contributed by atoms with van der Waals surface area (Å²) in [6, 6.07) is 7.02. The van der Waals surface area contributed by atoms with Gasteiger partial charge >= 0.3 is 12.4 Å². The van der Waals surface area contributed by atoms with Crippen LogP contribution in [-0.4, -0.2) is 27.4 Å². The molecule has 52 heavy (non-hydrogen) atoms. The van der Waals surface area contributed by atoms with E-state index in [2.05, 4.69) is 53.8 Å². The maximum Gasteiger partial charge on any atom is 0.432 e. The van der Waals surface area contributed by atoms with E-state index < -0.39 is 24.1 Å². The van der Waals surface area contributed by atoms with E-state index in [0.29, 0.717) is 5.56 Å². The van der Waals surface area contributed by atoms with Crippen LogP contribution in [0.15, 0.2) is 36.4 Å². The van der Waals surface area contributed by atoms with Crippen LogP contribution >= 0.6 is 22.7 Å². The highest BCUT2D eigenvalue weighted by Gasteiger charge is 2.41. The number of aromatic nitrogens is 3. The van der Waals surface area contributed by atoms with Crippen molar-refractivity contribution in [1.82, 2.24) is 26.0 Å². The quantitative estimate of drug-likeness (QED) is 0.0657. The van der Waals surface area contributed by atoms with Crippen molar-refractivity contribution in [2.75, 3.05) is 0 Å². The van der Waals surface area contributed by atoms with Crippen LogP contribution in [0.5, 0.6) is 0 Å². The molecule has 0 aromatic carbocycles. The first-order chi connectivity index (χ1) is 24.9. The summed E-state index contributed by atoms with van der Waals surface area (Å²) in [5, 5.41) is 5.96. The van der Waals surface area contributed by atoms with Gasteiger partial charge < -0.3 is 5.43 Å². The monoisotopic (exact) mass is 765 g/mol. The summed E-state index contributed by atoms with van der Waals surface area (Å²) >= 11 is 3.50. The maximum atomic E-state index is 13.6. The van der Waals surface area contributed by atoms with Crippen molar-refractivity contribution in [3.8, 4) is 31.6 Å². The molecule has 0 spiro atoms. The van der Waals surface area contributed by atoms with Crippen LogP contribution in [0, 0.1) is 0 Å². The Morgan fingerprint density at radius 1 is 0.654 bits per heavy atom. The van der Waals surface area contributed by atoms with Gasteiger partial charge in [0.15, 0.2) is 0 Å². The van der Waals surface area contributed by atoms with Gasteiger partial charge in [0.25, 0.3) is 0 Å². The molecule has 5 nitrogen and oxygen atoms in total. The van der Waals surface area contributed by atoms with E-state index in [9.17, 15) is 26.3 Å². The fourth-order valence-electron chi connectivity index (χ4n) is 6.44. The first kappa shape index (κ1) is 40.0. The summed E-state index contributed by atoms with van der Waals surface area (Å²) in [4.78, 5) is 9.27. The predicted octanol–water partition coefficient (Wildman–Crippen LogP) is 12.7. The molecule has 0 bridgehead atoms. The second-order valence-corrected chi connectivity index (χ2v) is 15.8. The summed E-state index contributed by atoms with van der Waals surface area (Å²) in [5.74, 6) is 0. The Labute approximate surface area is 310 Å². The molecule has 5 heterocycles. The highest BCUT2D eigenvalue weighted by molar-refractivity contribution is 7.24. The minimum absolute atomic E-state index is 0.0454. The zero-order valence-electron chi connectivity index (χ0n) is 30.1. The number of thiophene rings is 2. The number of nitrogens with one attached hydrogen (secondary N) is 3. The average molecular weight is 766 g/mol. The lowest BCUT2D eigenvalue weighted by molar-refractivity contribution is -0.144. The van der Waals surface area contributed by atoms with Gasteiger partial charge in [-0.25, -0.2) is 10.4 Å². The van der Waals surface area contributed by atoms with Crippen molar-refractivity contribution >= 4 is 28.4 Å². The van der Waals surface area contributed by atoms with E-state index in [-0.39, 0.29) is 22.8 Å². The van der Waals surface area contributed by atoms with Gasteiger partial charge in [-0.05, 0) is 91.6 Å². The molecule has 4 aromatic rings.